The van der Waals surface area contributed by atoms with Crippen molar-refractivity contribution in [2.75, 3.05) is 0 Å². The molecule has 0 spiro atoms. The lowest BCUT2D eigenvalue weighted by atomic mass is 10.3. The fourth-order valence-electron chi connectivity index (χ4n) is 0.724. The topological polar surface area (TPSA) is 42.9 Å². The summed E-state index contributed by atoms with van der Waals surface area (Å²) in [5.41, 5.74) is 0.506. The first-order valence-electron chi connectivity index (χ1n) is 3.70. The van der Waals surface area contributed by atoms with Gasteiger partial charge in [0.25, 0.3) is 0 Å². The Labute approximate surface area is 91.1 Å². The summed E-state index contributed by atoms with van der Waals surface area (Å²) in [6, 6.07) is 0. The average Bonchev–Trinajstić information content (AvgIpc) is 2.15. The summed E-state index contributed by atoms with van der Waals surface area (Å²) in [4.78, 5) is 17.7. The zero-order valence-corrected chi connectivity index (χ0v) is 8.53. The van der Waals surface area contributed by atoms with Crippen molar-refractivity contribution in [3.8, 4) is 0 Å². The van der Waals surface area contributed by atoms with Crippen molar-refractivity contribution in [1.29, 1.82) is 0 Å². The van der Waals surface area contributed by atoms with Crippen LogP contribution in [-0.2, 0) is 4.79 Å². The van der Waals surface area contributed by atoms with Gasteiger partial charge in [0, 0.05) is 0 Å². The molecule has 0 aliphatic carbocycles. The van der Waals surface area contributed by atoms with Crippen LogP contribution in [0.2, 0.25) is 10.3 Å². The van der Waals surface area contributed by atoms with E-state index < -0.39 is 0 Å². The van der Waals surface area contributed by atoms with Gasteiger partial charge in [-0.15, -0.1) is 0 Å². The number of aldehydes is 1. The van der Waals surface area contributed by atoms with E-state index in [-0.39, 0.29) is 10.3 Å². The van der Waals surface area contributed by atoms with Crippen molar-refractivity contribution in [2.45, 2.75) is 0 Å². The van der Waals surface area contributed by atoms with E-state index in [1.807, 2.05) is 0 Å². The minimum Gasteiger partial charge on any atom is -0.299 e. The molecule has 3 nitrogen and oxygen atoms in total. The van der Waals surface area contributed by atoms with E-state index in [4.69, 9.17) is 23.2 Å². The second-order valence-electron chi connectivity index (χ2n) is 2.25. The van der Waals surface area contributed by atoms with Crippen molar-refractivity contribution < 1.29 is 4.79 Å². The van der Waals surface area contributed by atoms with Crippen LogP contribution >= 0.6 is 23.2 Å². The molecule has 0 atom stereocenters. The average molecular weight is 229 g/mol. The zero-order valence-electron chi connectivity index (χ0n) is 7.02. The maximum absolute atomic E-state index is 9.94. The van der Waals surface area contributed by atoms with E-state index in [9.17, 15) is 4.79 Å². The third-order valence-electron chi connectivity index (χ3n) is 1.28. The molecule has 0 amide bonds. The van der Waals surface area contributed by atoms with Gasteiger partial charge in [0.1, 0.15) is 17.1 Å². The molecule has 0 bridgehead atoms. The number of carbonyl (C=O) groups excluding carboxylic acids is 1. The molecule has 0 aliphatic heterocycles. The van der Waals surface area contributed by atoms with Gasteiger partial charge in [-0.25, -0.2) is 4.98 Å². The molecule has 5 heteroatoms. The summed E-state index contributed by atoms with van der Waals surface area (Å²) in [5, 5.41) is 0.476. The molecule has 1 aromatic heterocycles. The van der Waals surface area contributed by atoms with Crippen molar-refractivity contribution in [1.82, 2.24) is 9.97 Å². The Balaban J connectivity index is 2.81. The van der Waals surface area contributed by atoms with Gasteiger partial charge in [0.15, 0.2) is 5.15 Å². The van der Waals surface area contributed by atoms with Crippen LogP contribution in [0.3, 0.4) is 0 Å². The smallest absolute Gasteiger partial charge is 0.156 e. The Kier molecular flexibility index (Phi) is 4.29. The molecule has 0 saturated heterocycles. The van der Waals surface area contributed by atoms with Crippen LogP contribution in [0, 0.1) is 0 Å². The molecule has 1 aromatic rings. The lowest BCUT2D eigenvalue weighted by Crippen LogP contribution is -1.86. The highest BCUT2D eigenvalue weighted by atomic mass is 35.5. The van der Waals surface area contributed by atoms with Crippen LogP contribution in [-0.4, -0.2) is 16.3 Å². The molecule has 0 fully saturated rings. The van der Waals surface area contributed by atoms with Gasteiger partial charge >= 0.3 is 0 Å². The SMILES string of the molecule is O=C/C=C/C=C/c1ncc(Cl)nc1Cl. The number of nitrogens with zero attached hydrogens (tertiary/aromatic N) is 2. The second kappa shape index (κ2) is 5.52. The van der Waals surface area contributed by atoms with Crippen LogP contribution in [0.15, 0.2) is 24.4 Å². The fourth-order valence-corrected chi connectivity index (χ4v) is 1.10. The van der Waals surface area contributed by atoms with E-state index >= 15 is 0 Å². The van der Waals surface area contributed by atoms with Crippen LogP contribution in [0.25, 0.3) is 6.08 Å². The van der Waals surface area contributed by atoms with Crippen molar-refractivity contribution in [3.05, 3.63) is 40.4 Å². The molecular formula is C9H6Cl2N2O. The normalized spacial score (nSPS) is 11.3. The molecule has 0 aliphatic rings. The highest BCUT2D eigenvalue weighted by Crippen LogP contribution is 2.14. The molecule has 14 heavy (non-hydrogen) atoms. The number of allylic oxidation sites excluding steroid dienone is 3. The highest BCUT2D eigenvalue weighted by Gasteiger charge is 1.99. The third kappa shape index (κ3) is 3.28. The lowest BCUT2D eigenvalue weighted by Gasteiger charge is -1.95. The third-order valence-corrected chi connectivity index (χ3v) is 1.74. The minimum absolute atomic E-state index is 0.230. The number of hydrogen-bond donors (Lipinski definition) is 0. The first kappa shape index (κ1) is 10.9. The van der Waals surface area contributed by atoms with Crippen LogP contribution in [0.5, 0.6) is 0 Å². The summed E-state index contributed by atoms with van der Waals surface area (Å²) in [5.74, 6) is 0. The molecule has 0 aromatic carbocycles. The van der Waals surface area contributed by atoms with Gasteiger partial charge < -0.3 is 0 Å². The van der Waals surface area contributed by atoms with Crippen LogP contribution in [0.4, 0.5) is 0 Å². The number of hydrogen-bond acceptors (Lipinski definition) is 3. The quantitative estimate of drug-likeness (QED) is 0.454. The molecule has 0 N–H and O–H groups in total. The summed E-state index contributed by atoms with van der Waals surface area (Å²) < 4.78 is 0. The van der Waals surface area contributed by atoms with E-state index in [0.717, 1.165) is 0 Å². The summed E-state index contributed by atoms with van der Waals surface area (Å²) >= 11 is 11.3. The predicted molar refractivity (Wildman–Crippen MR) is 56.3 cm³/mol. The molecule has 1 rings (SSSR count). The predicted octanol–water partition coefficient (Wildman–Crippen LogP) is 2.55. The van der Waals surface area contributed by atoms with Crippen molar-refractivity contribution in [3.63, 3.8) is 0 Å². The van der Waals surface area contributed by atoms with Crippen LogP contribution in [0.1, 0.15) is 5.69 Å². The summed E-state index contributed by atoms with van der Waals surface area (Å²) in [7, 11) is 0. The zero-order chi connectivity index (χ0) is 10.4. The maximum Gasteiger partial charge on any atom is 0.156 e. The van der Waals surface area contributed by atoms with E-state index in [1.54, 1.807) is 18.2 Å². The highest BCUT2D eigenvalue weighted by molar-refractivity contribution is 6.33. The Morgan fingerprint density at radius 2 is 2.00 bits per heavy atom. The largest absolute Gasteiger partial charge is 0.299 e. The molecule has 0 unspecified atom stereocenters. The second-order valence-corrected chi connectivity index (χ2v) is 2.99. The first-order chi connectivity index (χ1) is 6.74. The Morgan fingerprint density at radius 1 is 1.21 bits per heavy atom. The number of aromatic nitrogens is 2. The van der Waals surface area contributed by atoms with Crippen LogP contribution < -0.4 is 0 Å². The molecule has 1 heterocycles. The number of halogens is 2. The van der Waals surface area contributed by atoms with Gasteiger partial charge in [-0.05, 0) is 12.2 Å². The van der Waals surface area contributed by atoms with Gasteiger partial charge in [0.2, 0.25) is 0 Å². The summed E-state index contributed by atoms with van der Waals surface area (Å²) in [6.07, 6.45) is 8.27. The minimum atomic E-state index is 0.230. The van der Waals surface area contributed by atoms with E-state index in [2.05, 4.69) is 9.97 Å². The molecule has 0 saturated carbocycles. The fraction of sp³-hybridized carbons (Fsp3) is 0. The monoisotopic (exact) mass is 228 g/mol. The van der Waals surface area contributed by atoms with E-state index in [1.165, 1.54) is 12.3 Å². The first-order valence-corrected chi connectivity index (χ1v) is 4.46. The Bertz CT molecular complexity index is 388. The van der Waals surface area contributed by atoms with E-state index in [0.29, 0.717) is 12.0 Å². The van der Waals surface area contributed by atoms with Crippen molar-refractivity contribution in [2.24, 2.45) is 0 Å². The van der Waals surface area contributed by atoms with Gasteiger partial charge in [0.05, 0.1) is 6.20 Å². The standard InChI is InChI=1S/C9H6Cl2N2O/c10-8-6-12-7(9(11)13-8)4-2-1-3-5-14/h1-6H/b3-1+,4-2+. The molecule has 0 radical (unpaired) electrons. The van der Waals surface area contributed by atoms with Gasteiger partial charge in [-0.3, -0.25) is 9.78 Å². The Hall–Kier alpha value is -1.19. The maximum atomic E-state index is 9.94. The molecule has 72 valence electrons. The lowest BCUT2D eigenvalue weighted by molar-refractivity contribution is -0.104. The van der Waals surface area contributed by atoms with Crippen molar-refractivity contribution >= 4 is 35.6 Å². The number of rotatable bonds is 3. The van der Waals surface area contributed by atoms with Gasteiger partial charge in [-0.1, -0.05) is 35.4 Å². The summed E-state index contributed by atoms with van der Waals surface area (Å²) in [6.45, 7) is 0. The number of carbonyl (C=O) groups is 1. The van der Waals surface area contributed by atoms with Gasteiger partial charge in [-0.2, -0.15) is 0 Å². The molecular weight excluding hydrogens is 223 g/mol. The Morgan fingerprint density at radius 3 is 2.64 bits per heavy atom.